The number of hydrogen-bond acceptors (Lipinski definition) is 10. The number of piperidine rings is 1. The van der Waals surface area contributed by atoms with Crippen LogP contribution in [0.2, 0.25) is 0 Å². The van der Waals surface area contributed by atoms with Crippen LogP contribution in [0.5, 0.6) is 5.75 Å². The average Bonchev–Trinajstić information content (AvgIpc) is 3.55. The lowest BCUT2D eigenvalue weighted by atomic mass is 9.44. The van der Waals surface area contributed by atoms with E-state index in [4.69, 9.17) is 23.7 Å². The van der Waals surface area contributed by atoms with Gasteiger partial charge in [-0.15, -0.1) is 0 Å². The van der Waals surface area contributed by atoms with Gasteiger partial charge in [-0.1, -0.05) is 19.1 Å². The van der Waals surface area contributed by atoms with Crippen molar-refractivity contribution in [2.24, 2.45) is 29.1 Å². The summed E-state index contributed by atoms with van der Waals surface area (Å²) >= 11 is 0. The summed E-state index contributed by atoms with van der Waals surface area (Å²) in [5.41, 5.74) is -3.38. The van der Waals surface area contributed by atoms with Gasteiger partial charge in [-0.3, -0.25) is 9.69 Å². The molecule has 0 aromatic heterocycles. The Morgan fingerprint density at radius 2 is 1.72 bits per heavy atom. The van der Waals surface area contributed by atoms with Crippen LogP contribution in [-0.2, 0) is 18.9 Å². The summed E-state index contributed by atoms with van der Waals surface area (Å²) in [6.45, 7) is 5.75. The molecule has 0 radical (unpaired) electrons. The van der Waals surface area contributed by atoms with Gasteiger partial charge in [0.1, 0.15) is 22.6 Å². The highest BCUT2D eigenvalue weighted by molar-refractivity contribution is 6.08. The number of fused-ring (bicyclic) bond motifs is 2. The summed E-state index contributed by atoms with van der Waals surface area (Å²) in [7, 11) is 5.05. The predicted molar refractivity (Wildman–Crippen MR) is 183 cm³/mol. The third-order valence-corrected chi connectivity index (χ3v) is 14.0. The van der Waals surface area contributed by atoms with E-state index >= 15 is 0 Å². The number of nitrogens with zero attached hydrogens (tertiary/aromatic N) is 1. The predicted octanol–water partition coefficient (Wildman–Crippen LogP) is 3.91. The van der Waals surface area contributed by atoms with Crippen molar-refractivity contribution in [3.8, 4) is 5.75 Å². The number of likely N-dealkylation sites (N-methyl/N-ethyl adjacent to an activating group) is 1. The highest BCUT2D eigenvalue weighted by Crippen LogP contribution is 2.79. The SMILES string of the molecule is CCOc1ccc(C(=O)Nc2ccccc2C(=O)O[C@@]23CC[C@H](OC)[C@]45C([C@H](C[C@H]24)[C@@]2(O)C[C@H](OC)[C@H]4C[C@@H]5[C@]2(O)[C@H]4OC)N(CC)C3)cc1. The summed E-state index contributed by atoms with van der Waals surface area (Å²) in [4.78, 5) is 30.2. The number of anilines is 1. The van der Waals surface area contributed by atoms with Crippen molar-refractivity contribution < 1.29 is 43.5 Å². The number of rotatable bonds is 10. The molecule has 5 aliphatic carbocycles. The largest absolute Gasteiger partial charge is 0.494 e. The van der Waals surface area contributed by atoms with E-state index in [9.17, 15) is 19.8 Å². The van der Waals surface area contributed by atoms with Gasteiger partial charge in [0, 0.05) is 75.0 Å². The molecule has 1 amide bonds. The Labute approximate surface area is 293 Å². The lowest BCUT2D eigenvalue weighted by Gasteiger charge is -2.70. The van der Waals surface area contributed by atoms with Crippen LogP contribution in [-0.4, -0.2) is 109 Å². The smallest absolute Gasteiger partial charge is 0.340 e. The maximum Gasteiger partial charge on any atom is 0.340 e. The van der Waals surface area contributed by atoms with Crippen molar-refractivity contribution in [2.75, 3.05) is 46.3 Å². The molecule has 1 aliphatic heterocycles. The Morgan fingerprint density at radius 3 is 2.40 bits per heavy atom. The number of likely N-dealkylation sites (tertiary alicyclic amines) is 1. The van der Waals surface area contributed by atoms with Crippen molar-refractivity contribution in [1.82, 2.24) is 4.90 Å². The first-order chi connectivity index (χ1) is 24.1. The van der Waals surface area contributed by atoms with Crippen LogP contribution < -0.4 is 10.1 Å². The zero-order chi connectivity index (χ0) is 35.2. The molecule has 50 heavy (non-hydrogen) atoms. The Morgan fingerprint density at radius 1 is 0.960 bits per heavy atom. The van der Waals surface area contributed by atoms with E-state index < -0.39 is 34.3 Å². The molecule has 11 nitrogen and oxygen atoms in total. The number of methoxy groups -OCH3 is 3. The van der Waals surface area contributed by atoms with Gasteiger partial charge in [-0.2, -0.15) is 0 Å². The molecule has 270 valence electrons. The summed E-state index contributed by atoms with van der Waals surface area (Å²) in [5, 5.41) is 28.9. The minimum atomic E-state index is -1.50. The third-order valence-electron chi connectivity index (χ3n) is 14.0. The quantitative estimate of drug-likeness (QED) is 0.315. The first kappa shape index (κ1) is 34.0. The molecular formula is C39H50N2O9. The van der Waals surface area contributed by atoms with Gasteiger partial charge in [0.2, 0.25) is 0 Å². The van der Waals surface area contributed by atoms with Crippen molar-refractivity contribution in [1.29, 1.82) is 0 Å². The number of nitrogens with one attached hydrogen (secondary N) is 1. The molecular weight excluding hydrogens is 640 g/mol. The number of carbonyl (C=O) groups excluding carboxylic acids is 2. The molecule has 1 heterocycles. The van der Waals surface area contributed by atoms with Crippen LogP contribution >= 0.6 is 0 Å². The minimum Gasteiger partial charge on any atom is -0.494 e. The fourth-order valence-electron chi connectivity index (χ4n) is 12.5. The second-order valence-corrected chi connectivity index (χ2v) is 15.4. The summed E-state index contributed by atoms with van der Waals surface area (Å²) in [6.07, 6.45) is 1.72. The molecule has 12 atom stereocenters. The Kier molecular flexibility index (Phi) is 8.17. The van der Waals surface area contributed by atoms with E-state index in [-0.39, 0.29) is 53.4 Å². The van der Waals surface area contributed by atoms with Gasteiger partial charge in [-0.05, 0) is 75.5 Å². The highest BCUT2D eigenvalue weighted by Gasteiger charge is 2.89. The summed E-state index contributed by atoms with van der Waals surface area (Å²) < 4.78 is 30.8. The highest BCUT2D eigenvalue weighted by atomic mass is 16.6. The minimum absolute atomic E-state index is 0.0718. The van der Waals surface area contributed by atoms with Crippen LogP contribution in [0.4, 0.5) is 5.69 Å². The van der Waals surface area contributed by atoms with Gasteiger partial charge in [-0.25, -0.2) is 4.79 Å². The van der Waals surface area contributed by atoms with Crippen molar-refractivity contribution in [3.63, 3.8) is 0 Å². The topological polar surface area (TPSA) is 136 Å². The maximum atomic E-state index is 14.5. The van der Waals surface area contributed by atoms with Gasteiger partial charge in [0.25, 0.3) is 5.91 Å². The number of aliphatic hydroxyl groups is 2. The van der Waals surface area contributed by atoms with E-state index in [1.165, 1.54) is 0 Å². The molecule has 7 bridgehead atoms. The van der Waals surface area contributed by atoms with E-state index in [2.05, 4.69) is 17.1 Å². The van der Waals surface area contributed by atoms with E-state index in [0.717, 1.165) is 0 Å². The van der Waals surface area contributed by atoms with Gasteiger partial charge in [0.15, 0.2) is 0 Å². The molecule has 2 aromatic rings. The number of para-hydroxylation sites is 1. The number of benzene rings is 2. The number of carbonyl (C=O) groups is 2. The maximum absolute atomic E-state index is 14.5. The fourth-order valence-corrected chi connectivity index (χ4v) is 12.5. The first-order valence-corrected chi connectivity index (χ1v) is 18.2. The van der Waals surface area contributed by atoms with Crippen LogP contribution in [0.3, 0.4) is 0 Å². The average molecular weight is 691 g/mol. The molecule has 1 spiro atoms. The van der Waals surface area contributed by atoms with E-state index in [0.29, 0.717) is 68.8 Å². The second-order valence-electron chi connectivity index (χ2n) is 15.4. The van der Waals surface area contributed by atoms with E-state index in [1.807, 2.05) is 6.92 Å². The van der Waals surface area contributed by atoms with Gasteiger partial charge in [0.05, 0.1) is 36.2 Å². The molecule has 11 heteroatoms. The van der Waals surface area contributed by atoms with Crippen molar-refractivity contribution in [2.45, 2.75) is 87.1 Å². The lowest BCUT2D eigenvalue weighted by Crippen LogP contribution is -2.83. The van der Waals surface area contributed by atoms with Crippen LogP contribution in [0.25, 0.3) is 0 Å². The molecule has 1 saturated heterocycles. The number of esters is 1. The lowest BCUT2D eigenvalue weighted by molar-refractivity contribution is -0.337. The van der Waals surface area contributed by atoms with Crippen molar-refractivity contribution in [3.05, 3.63) is 59.7 Å². The molecule has 2 aromatic carbocycles. The molecule has 1 unspecified atom stereocenters. The number of amides is 1. The Balaban J connectivity index is 1.16. The Hall–Kier alpha value is -3.06. The number of hydrogen-bond donors (Lipinski definition) is 3. The van der Waals surface area contributed by atoms with Gasteiger partial charge < -0.3 is 39.2 Å². The standard InChI is InChI=1S/C39H50N2O9/c1-6-41-21-36(50-35(43)24-10-8-9-11-27(24)40-34(42)22-12-14-23(15-13-22)49-7-2)17-16-31(47-4)38-29(36)19-26(32(38)41)37(44)20-28(46-3)25-18-30(38)39(37,45)33(25)48-5/h8-15,25-26,28-33,44-45H,6-7,16-21H2,1-5H3,(H,40,42)/t25-,26+,28+,29-,30+,31+,32?,33+,36-,37+,38+,39+/m1/s1. The zero-order valence-corrected chi connectivity index (χ0v) is 29.6. The van der Waals surface area contributed by atoms with Crippen LogP contribution in [0, 0.1) is 29.1 Å². The molecule has 6 fully saturated rings. The first-order valence-electron chi connectivity index (χ1n) is 18.2. The van der Waals surface area contributed by atoms with E-state index in [1.54, 1.807) is 69.9 Å². The normalized spacial score (nSPS) is 42.2. The van der Waals surface area contributed by atoms with Gasteiger partial charge >= 0.3 is 5.97 Å². The monoisotopic (exact) mass is 690 g/mol. The number of ether oxygens (including phenoxy) is 5. The fraction of sp³-hybridized carbons (Fsp3) is 0.641. The third kappa shape index (κ3) is 4.25. The molecule has 6 aliphatic rings. The van der Waals surface area contributed by atoms with Crippen molar-refractivity contribution >= 4 is 17.6 Å². The summed E-state index contributed by atoms with van der Waals surface area (Å²) in [5.74, 6) is -1.10. The Bertz CT molecular complexity index is 1650. The molecule has 3 N–H and O–H groups in total. The summed E-state index contributed by atoms with van der Waals surface area (Å²) in [6, 6.07) is 13.7. The zero-order valence-electron chi connectivity index (χ0n) is 29.6. The van der Waals surface area contributed by atoms with Crippen LogP contribution in [0.15, 0.2) is 48.5 Å². The molecule has 8 rings (SSSR count). The molecule has 5 saturated carbocycles. The second kappa shape index (κ2) is 12.0. The van der Waals surface area contributed by atoms with Crippen LogP contribution in [0.1, 0.15) is 66.7 Å².